The zero-order chi connectivity index (χ0) is 13.1. The first kappa shape index (κ1) is 13.6. The van der Waals surface area contributed by atoms with Gasteiger partial charge in [0.2, 0.25) is 5.91 Å². The molecule has 1 fully saturated rings. The molecule has 0 N–H and O–H groups in total. The molecule has 1 heterocycles. The van der Waals surface area contributed by atoms with Crippen molar-refractivity contribution in [2.45, 2.75) is 18.7 Å². The van der Waals surface area contributed by atoms with Gasteiger partial charge in [0.25, 0.3) is 0 Å². The lowest BCUT2D eigenvalue weighted by Crippen LogP contribution is -2.71. The Balaban J connectivity index is 2.62. The van der Waals surface area contributed by atoms with E-state index in [1.54, 1.807) is 0 Å². The highest BCUT2D eigenvalue weighted by Gasteiger charge is 2.63. The van der Waals surface area contributed by atoms with Gasteiger partial charge in [-0.1, -0.05) is 5.11 Å². The second-order valence-corrected chi connectivity index (χ2v) is 3.56. The van der Waals surface area contributed by atoms with Crippen LogP contribution >= 0.6 is 0 Å². The third-order valence-electron chi connectivity index (χ3n) is 2.45. The smallest absolute Gasteiger partial charge is 0.362 e. The monoisotopic (exact) mass is 252 g/mol. The van der Waals surface area contributed by atoms with Gasteiger partial charge < -0.3 is 9.64 Å². The fourth-order valence-corrected chi connectivity index (χ4v) is 1.57. The largest absolute Gasteiger partial charge is 0.420 e. The van der Waals surface area contributed by atoms with E-state index in [0.29, 0.717) is 0 Å². The number of rotatable bonds is 4. The molecule has 1 aliphatic rings. The molecule has 96 valence electrons. The van der Waals surface area contributed by atoms with Gasteiger partial charge in [0.05, 0.1) is 13.1 Å². The lowest BCUT2D eigenvalue weighted by atomic mass is 9.93. The van der Waals surface area contributed by atoms with E-state index in [9.17, 15) is 18.0 Å². The molecular weight excluding hydrogens is 241 g/mol. The summed E-state index contributed by atoms with van der Waals surface area (Å²) in [5, 5.41) is 3.00. The Morgan fingerprint density at radius 1 is 1.59 bits per heavy atom. The van der Waals surface area contributed by atoms with E-state index in [2.05, 4.69) is 10.0 Å². The maximum Gasteiger partial charge on any atom is 0.420 e. The van der Waals surface area contributed by atoms with Gasteiger partial charge in [0, 0.05) is 11.5 Å². The first-order valence-corrected chi connectivity index (χ1v) is 4.85. The van der Waals surface area contributed by atoms with Crippen molar-refractivity contribution in [2.75, 3.05) is 26.2 Å². The summed E-state index contributed by atoms with van der Waals surface area (Å²) >= 11 is 0. The molecule has 1 rings (SSSR count). The van der Waals surface area contributed by atoms with E-state index in [4.69, 9.17) is 10.3 Å². The van der Waals surface area contributed by atoms with E-state index < -0.39 is 37.3 Å². The maximum atomic E-state index is 12.7. The standard InChI is InChI=1S/C8H11F3N4O2/c1-2-17-7(8(9,10)11)4-15(5-7)6(16)3-13-14-12/h2-5H2,1H3. The van der Waals surface area contributed by atoms with Gasteiger partial charge in [-0.2, -0.15) is 13.2 Å². The molecule has 17 heavy (non-hydrogen) atoms. The van der Waals surface area contributed by atoms with Crippen LogP contribution in [0.4, 0.5) is 13.2 Å². The van der Waals surface area contributed by atoms with Crippen LogP contribution in [-0.4, -0.2) is 48.8 Å². The minimum absolute atomic E-state index is 0.0854. The van der Waals surface area contributed by atoms with Crippen molar-refractivity contribution in [3.05, 3.63) is 10.4 Å². The summed E-state index contributed by atoms with van der Waals surface area (Å²) in [4.78, 5) is 14.6. The Morgan fingerprint density at radius 2 is 2.18 bits per heavy atom. The van der Waals surface area contributed by atoms with Crippen molar-refractivity contribution >= 4 is 5.91 Å². The molecule has 9 heteroatoms. The molecule has 0 saturated carbocycles. The average Bonchev–Trinajstić information content (AvgIpc) is 2.17. The van der Waals surface area contributed by atoms with E-state index in [1.165, 1.54) is 6.92 Å². The number of nitrogens with zero attached hydrogens (tertiary/aromatic N) is 4. The number of hydrogen-bond donors (Lipinski definition) is 0. The van der Waals surface area contributed by atoms with Crippen molar-refractivity contribution in [2.24, 2.45) is 5.11 Å². The second kappa shape index (κ2) is 4.80. The predicted octanol–water partition coefficient (Wildman–Crippen LogP) is 1.48. The number of azide groups is 1. The highest BCUT2D eigenvalue weighted by Crippen LogP contribution is 2.40. The van der Waals surface area contributed by atoms with Gasteiger partial charge in [-0.05, 0) is 12.5 Å². The SMILES string of the molecule is CCOC1(C(F)(F)F)CN(C(=O)CN=[N+]=[N-])C1. The van der Waals surface area contributed by atoms with E-state index in [-0.39, 0.29) is 6.61 Å². The number of carbonyl (C=O) groups excluding carboxylic acids is 1. The van der Waals surface area contributed by atoms with E-state index in [1.807, 2.05) is 0 Å². The van der Waals surface area contributed by atoms with Crippen molar-refractivity contribution < 1.29 is 22.7 Å². The molecule has 0 aromatic rings. The van der Waals surface area contributed by atoms with Crippen molar-refractivity contribution in [1.82, 2.24) is 4.90 Å². The molecule has 0 atom stereocenters. The number of hydrogen-bond acceptors (Lipinski definition) is 3. The summed E-state index contributed by atoms with van der Waals surface area (Å²) < 4.78 is 42.8. The normalized spacial score (nSPS) is 18.2. The first-order chi connectivity index (χ1) is 7.86. The van der Waals surface area contributed by atoms with E-state index in [0.717, 1.165) is 4.90 Å². The minimum atomic E-state index is -4.52. The third kappa shape index (κ3) is 2.62. The summed E-state index contributed by atoms with van der Waals surface area (Å²) in [7, 11) is 0. The van der Waals surface area contributed by atoms with E-state index >= 15 is 0 Å². The zero-order valence-corrected chi connectivity index (χ0v) is 9.07. The van der Waals surface area contributed by atoms with Gasteiger partial charge in [-0.25, -0.2) is 0 Å². The van der Waals surface area contributed by atoms with Crippen LogP contribution in [0, 0.1) is 0 Å². The molecule has 0 bridgehead atoms. The maximum absolute atomic E-state index is 12.7. The molecule has 0 aromatic carbocycles. The van der Waals surface area contributed by atoms with Gasteiger partial charge in [-0.15, -0.1) is 0 Å². The molecule has 1 saturated heterocycles. The predicted molar refractivity (Wildman–Crippen MR) is 51.0 cm³/mol. The Labute approximate surface area is 95.0 Å². The fraction of sp³-hybridized carbons (Fsp3) is 0.875. The molecule has 6 nitrogen and oxygen atoms in total. The van der Waals surface area contributed by atoms with Crippen LogP contribution in [0.15, 0.2) is 5.11 Å². The molecule has 0 radical (unpaired) electrons. The molecule has 0 aliphatic carbocycles. The Kier molecular flexibility index (Phi) is 3.84. The van der Waals surface area contributed by atoms with Crippen LogP contribution < -0.4 is 0 Å². The van der Waals surface area contributed by atoms with Crippen LogP contribution in [0.25, 0.3) is 10.4 Å². The van der Waals surface area contributed by atoms with Gasteiger partial charge in [0.15, 0.2) is 5.60 Å². The van der Waals surface area contributed by atoms with Crippen LogP contribution in [0.5, 0.6) is 0 Å². The van der Waals surface area contributed by atoms with Crippen LogP contribution in [0.3, 0.4) is 0 Å². The van der Waals surface area contributed by atoms with Crippen LogP contribution in [0.1, 0.15) is 6.92 Å². The Bertz CT molecular complexity index is 345. The molecule has 0 aromatic heterocycles. The first-order valence-electron chi connectivity index (χ1n) is 4.85. The Hall–Kier alpha value is -1.47. The molecular formula is C8H11F3N4O2. The number of halogens is 3. The van der Waals surface area contributed by atoms with Gasteiger partial charge in [0.1, 0.15) is 6.54 Å². The molecule has 0 spiro atoms. The molecule has 1 amide bonds. The summed E-state index contributed by atoms with van der Waals surface area (Å²) in [5.74, 6) is -0.637. The second-order valence-electron chi connectivity index (χ2n) is 3.56. The summed E-state index contributed by atoms with van der Waals surface area (Å²) in [6.45, 7) is -0.208. The molecule has 1 aliphatic heterocycles. The lowest BCUT2D eigenvalue weighted by Gasteiger charge is -2.49. The van der Waals surface area contributed by atoms with Gasteiger partial charge >= 0.3 is 6.18 Å². The van der Waals surface area contributed by atoms with Gasteiger partial charge in [-0.3, -0.25) is 4.79 Å². The molecule has 0 unspecified atom stereocenters. The average molecular weight is 252 g/mol. The zero-order valence-electron chi connectivity index (χ0n) is 9.07. The summed E-state index contributed by atoms with van der Waals surface area (Å²) in [6, 6.07) is 0. The quantitative estimate of drug-likeness (QED) is 0.431. The van der Waals surface area contributed by atoms with Crippen molar-refractivity contribution in [3.8, 4) is 0 Å². The summed E-state index contributed by atoms with van der Waals surface area (Å²) in [5.41, 5.74) is 5.72. The highest BCUT2D eigenvalue weighted by atomic mass is 19.4. The number of ether oxygens (including phenoxy) is 1. The highest BCUT2D eigenvalue weighted by molar-refractivity contribution is 5.79. The van der Waals surface area contributed by atoms with Crippen molar-refractivity contribution in [1.29, 1.82) is 0 Å². The van der Waals surface area contributed by atoms with Crippen LogP contribution in [0.2, 0.25) is 0 Å². The number of carbonyl (C=O) groups is 1. The fourth-order valence-electron chi connectivity index (χ4n) is 1.57. The lowest BCUT2D eigenvalue weighted by molar-refractivity contribution is -0.313. The minimum Gasteiger partial charge on any atom is -0.362 e. The number of likely N-dealkylation sites (tertiary alicyclic amines) is 1. The Morgan fingerprint density at radius 3 is 2.59 bits per heavy atom. The number of amides is 1. The topological polar surface area (TPSA) is 78.3 Å². The van der Waals surface area contributed by atoms with Crippen molar-refractivity contribution in [3.63, 3.8) is 0 Å². The number of alkyl halides is 3. The summed E-state index contributed by atoms with van der Waals surface area (Å²) in [6.07, 6.45) is -4.52. The van der Waals surface area contributed by atoms with Crippen LogP contribution in [-0.2, 0) is 9.53 Å². The third-order valence-corrected chi connectivity index (χ3v) is 2.45.